The van der Waals surface area contributed by atoms with Crippen molar-refractivity contribution in [1.29, 1.82) is 0 Å². The maximum absolute atomic E-state index is 11.3. The molecule has 23 heavy (non-hydrogen) atoms. The fourth-order valence-electron chi connectivity index (χ4n) is 2.99. The summed E-state index contributed by atoms with van der Waals surface area (Å²) in [5.74, 6) is -1.45. The first-order valence-corrected chi connectivity index (χ1v) is 9.10. The standard InChI is InChI=1S/C17H21BrClNO3/c1-2-5-14(19)13(18)8-11(9-16(21)22)17(23)10-20-15-7-4-3-6-12(15)17/h3-4,6-7,10-11,13-14,23H,2,5,8-9H2,1H3,(H,21,22). The lowest BCUT2D eigenvalue weighted by atomic mass is 9.78. The number of carboxylic acid groups (broad SMARTS) is 1. The molecule has 0 amide bonds. The molecule has 1 aromatic rings. The average molecular weight is 403 g/mol. The third-order valence-corrected chi connectivity index (χ3v) is 6.08. The predicted molar refractivity (Wildman–Crippen MR) is 96.1 cm³/mol. The van der Waals surface area contributed by atoms with Gasteiger partial charge in [-0.25, -0.2) is 0 Å². The molecule has 2 N–H and O–H groups in total. The van der Waals surface area contributed by atoms with Gasteiger partial charge in [0, 0.05) is 27.9 Å². The molecule has 4 nitrogen and oxygen atoms in total. The van der Waals surface area contributed by atoms with Crippen molar-refractivity contribution < 1.29 is 15.0 Å². The number of hydrogen-bond donors (Lipinski definition) is 2. The van der Waals surface area contributed by atoms with E-state index in [-0.39, 0.29) is 16.6 Å². The Labute approximate surface area is 149 Å². The maximum Gasteiger partial charge on any atom is 0.303 e. The van der Waals surface area contributed by atoms with Gasteiger partial charge < -0.3 is 10.2 Å². The Balaban J connectivity index is 2.25. The molecule has 126 valence electrons. The number of alkyl halides is 2. The second-order valence-electron chi connectivity index (χ2n) is 5.95. The van der Waals surface area contributed by atoms with Gasteiger partial charge in [0.25, 0.3) is 0 Å². The third-order valence-electron chi connectivity index (χ3n) is 4.25. The van der Waals surface area contributed by atoms with Gasteiger partial charge in [-0.3, -0.25) is 9.79 Å². The van der Waals surface area contributed by atoms with E-state index in [1.165, 1.54) is 6.21 Å². The number of halogens is 2. The van der Waals surface area contributed by atoms with E-state index in [9.17, 15) is 15.0 Å². The van der Waals surface area contributed by atoms with Gasteiger partial charge in [0.1, 0.15) is 5.60 Å². The number of carboxylic acids is 1. The first-order valence-electron chi connectivity index (χ1n) is 7.75. The van der Waals surface area contributed by atoms with Gasteiger partial charge in [-0.15, -0.1) is 11.6 Å². The largest absolute Gasteiger partial charge is 0.481 e. The number of aliphatic imine (C=N–C) groups is 1. The molecule has 6 heteroatoms. The molecule has 0 fully saturated rings. The lowest BCUT2D eigenvalue weighted by Gasteiger charge is -2.32. The van der Waals surface area contributed by atoms with E-state index in [0.717, 1.165) is 12.8 Å². The number of aliphatic hydroxyl groups is 1. The van der Waals surface area contributed by atoms with Crippen LogP contribution in [0.5, 0.6) is 0 Å². The zero-order chi connectivity index (χ0) is 17.0. The van der Waals surface area contributed by atoms with Crippen LogP contribution in [0.15, 0.2) is 29.3 Å². The highest BCUT2D eigenvalue weighted by Crippen LogP contribution is 2.44. The quantitative estimate of drug-likeness (QED) is 0.639. The molecule has 2 rings (SSSR count). The molecule has 0 saturated heterocycles. The Hall–Kier alpha value is -0.910. The molecule has 1 aliphatic rings. The molecule has 4 atom stereocenters. The summed E-state index contributed by atoms with van der Waals surface area (Å²) in [6.45, 7) is 2.05. The van der Waals surface area contributed by atoms with Crippen molar-refractivity contribution in [3.63, 3.8) is 0 Å². The molecular weight excluding hydrogens is 382 g/mol. The van der Waals surface area contributed by atoms with Crippen LogP contribution >= 0.6 is 27.5 Å². The molecule has 0 saturated carbocycles. The van der Waals surface area contributed by atoms with Crippen LogP contribution in [0.3, 0.4) is 0 Å². The van der Waals surface area contributed by atoms with Crippen molar-refractivity contribution >= 4 is 45.4 Å². The van der Waals surface area contributed by atoms with Crippen molar-refractivity contribution in [2.45, 2.75) is 48.4 Å². The first kappa shape index (κ1) is 18.4. The van der Waals surface area contributed by atoms with Gasteiger partial charge in [0.15, 0.2) is 0 Å². The molecule has 1 aromatic carbocycles. The second-order valence-corrected chi connectivity index (χ2v) is 7.69. The normalized spacial score (nSPS) is 23.3. The Morgan fingerprint density at radius 2 is 2.13 bits per heavy atom. The third kappa shape index (κ3) is 4.14. The van der Waals surface area contributed by atoms with Gasteiger partial charge in [0.2, 0.25) is 0 Å². The number of rotatable bonds is 8. The molecule has 0 spiro atoms. The number of fused-ring (bicyclic) bond motifs is 1. The van der Waals surface area contributed by atoms with Crippen molar-refractivity contribution in [3.8, 4) is 0 Å². The predicted octanol–water partition coefficient (Wildman–Crippen LogP) is 4.24. The Morgan fingerprint density at radius 1 is 1.43 bits per heavy atom. The zero-order valence-electron chi connectivity index (χ0n) is 13.0. The Morgan fingerprint density at radius 3 is 2.78 bits per heavy atom. The molecule has 1 aliphatic heterocycles. The first-order chi connectivity index (χ1) is 10.9. The Bertz CT molecular complexity index is 595. The van der Waals surface area contributed by atoms with Crippen molar-refractivity contribution in [3.05, 3.63) is 29.8 Å². The highest BCUT2D eigenvalue weighted by atomic mass is 79.9. The van der Waals surface area contributed by atoms with Crippen LogP contribution in [0.2, 0.25) is 0 Å². The number of benzene rings is 1. The van der Waals surface area contributed by atoms with Crippen LogP contribution in [0, 0.1) is 5.92 Å². The van der Waals surface area contributed by atoms with E-state index < -0.39 is 17.5 Å². The lowest BCUT2D eigenvalue weighted by Crippen LogP contribution is -2.38. The van der Waals surface area contributed by atoms with Gasteiger partial charge >= 0.3 is 5.97 Å². The summed E-state index contributed by atoms with van der Waals surface area (Å²) in [5, 5.41) is 20.3. The minimum absolute atomic E-state index is 0.0707. The van der Waals surface area contributed by atoms with Gasteiger partial charge in [-0.2, -0.15) is 0 Å². The molecule has 0 aromatic heterocycles. The summed E-state index contributed by atoms with van der Waals surface area (Å²) in [6, 6.07) is 7.28. The zero-order valence-corrected chi connectivity index (χ0v) is 15.3. The van der Waals surface area contributed by atoms with E-state index in [4.69, 9.17) is 11.6 Å². The molecule has 0 bridgehead atoms. The lowest BCUT2D eigenvalue weighted by molar-refractivity contribution is -0.140. The molecule has 4 unspecified atom stereocenters. The number of carbonyl (C=O) groups is 1. The molecule has 0 aliphatic carbocycles. The number of para-hydroxylation sites is 1. The van der Waals surface area contributed by atoms with Crippen LogP contribution < -0.4 is 0 Å². The van der Waals surface area contributed by atoms with Gasteiger partial charge in [-0.05, 0) is 18.9 Å². The van der Waals surface area contributed by atoms with E-state index in [1.807, 2.05) is 18.2 Å². The minimum Gasteiger partial charge on any atom is -0.481 e. The van der Waals surface area contributed by atoms with Crippen LogP contribution in [0.1, 0.15) is 38.2 Å². The van der Waals surface area contributed by atoms with E-state index in [1.54, 1.807) is 6.07 Å². The number of hydrogen-bond acceptors (Lipinski definition) is 3. The summed E-state index contributed by atoms with van der Waals surface area (Å²) in [6.07, 6.45) is 3.56. The van der Waals surface area contributed by atoms with E-state index in [2.05, 4.69) is 27.8 Å². The van der Waals surface area contributed by atoms with Crippen LogP contribution in [0.25, 0.3) is 0 Å². The van der Waals surface area contributed by atoms with Crippen molar-refractivity contribution in [2.24, 2.45) is 10.9 Å². The highest BCUT2D eigenvalue weighted by Gasteiger charge is 2.43. The van der Waals surface area contributed by atoms with Crippen LogP contribution in [0.4, 0.5) is 5.69 Å². The second kappa shape index (κ2) is 7.77. The smallest absolute Gasteiger partial charge is 0.303 e. The average Bonchev–Trinajstić information content (AvgIpc) is 2.85. The summed E-state index contributed by atoms with van der Waals surface area (Å²) >= 11 is 9.92. The topological polar surface area (TPSA) is 69.9 Å². The fourth-order valence-corrected chi connectivity index (χ4v) is 4.03. The maximum atomic E-state index is 11.3. The SMILES string of the molecule is CCCC(Cl)C(Br)CC(CC(=O)O)C1(O)C=Nc2ccccc21. The van der Waals surface area contributed by atoms with Gasteiger partial charge in [-0.1, -0.05) is 47.5 Å². The fraction of sp³-hybridized carbons (Fsp3) is 0.529. The van der Waals surface area contributed by atoms with E-state index >= 15 is 0 Å². The molecule has 0 radical (unpaired) electrons. The number of aliphatic carboxylic acids is 1. The molecular formula is C17H21BrClNO3. The van der Waals surface area contributed by atoms with Crippen molar-refractivity contribution in [2.75, 3.05) is 0 Å². The minimum atomic E-state index is -1.37. The summed E-state index contributed by atoms with van der Waals surface area (Å²) < 4.78 is 0. The highest BCUT2D eigenvalue weighted by molar-refractivity contribution is 9.09. The van der Waals surface area contributed by atoms with E-state index in [0.29, 0.717) is 17.7 Å². The van der Waals surface area contributed by atoms with Crippen LogP contribution in [-0.4, -0.2) is 32.6 Å². The van der Waals surface area contributed by atoms with Gasteiger partial charge in [0.05, 0.1) is 12.1 Å². The summed E-state index contributed by atoms with van der Waals surface area (Å²) in [5.41, 5.74) is -0.0239. The van der Waals surface area contributed by atoms with Crippen molar-refractivity contribution in [1.82, 2.24) is 0 Å². The monoisotopic (exact) mass is 401 g/mol. The summed E-state index contributed by atoms with van der Waals surface area (Å²) in [4.78, 5) is 15.5. The summed E-state index contributed by atoms with van der Waals surface area (Å²) in [7, 11) is 0. The number of nitrogens with zero attached hydrogens (tertiary/aromatic N) is 1. The Kier molecular flexibility index (Phi) is 6.23. The van der Waals surface area contributed by atoms with Crippen LogP contribution in [-0.2, 0) is 10.4 Å². The molecule has 1 heterocycles.